The molecule has 226 valence electrons. The number of anilines is 1. The largest absolute Gasteiger partial charge is 0.461 e. The molecule has 0 radical (unpaired) electrons. The van der Waals surface area contributed by atoms with Gasteiger partial charge >= 0.3 is 6.01 Å². The molecule has 0 aliphatic carbocycles. The Morgan fingerprint density at radius 1 is 1.18 bits per heavy atom. The van der Waals surface area contributed by atoms with Crippen molar-refractivity contribution in [2.45, 2.75) is 37.0 Å². The van der Waals surface area contributed by atoms with E-state index in [0.29, 0.717) is 44.0 Å². The number of piperazine rings is 1. The molecule has 11 heteroatoms. The molecule has 2 aromatic heterocycles. The smallest absolute Gasteiger partial charge is 0.319 e. The summed E-state index contributed by atoms with van der Waals surface area (Å²) in [6.45, 7) is 13.1. The highest BCUT2D eigenvalue weighted by atomic mass is 32.1. The number of benzene rings is 2. The lowest BCUT2D eigenvalue weighted by atomic mass is 9.95. The van der Waals surface area contributed by atoms with Gasteiger partial charge in [0.15, 0.2) is 5.83 Å². The van der Waals surface area contributed by atoms with Crippen LogP contribution in [0.1, 0.15) is 19.3 Å². The summed E-state index contributed by atoms with van der Waals surface area (Å²) in [6, 6.07) is 14.1. The second-order valence-electron chi connectivity index (χ2n) is 11.9. The summed E-state index contributed by atoms with van der Waals surface area (Å²) >= 11 is 1.69. The van der Waals surface area contributed by atoms with Gasteiger partial charge < -0.3 is 19.4 Å². The summed E-state index contributed by atoms with van der Waals surface area (Å²) in [7, 11) is 0. The highest BCUT2D eigenvalue weighted by Gasteiger charge is 2.49. The number of nitrogens with zero attached hydrogens (tertiary/aromatic N) is 6. The molecule has 0 N–H and O–H groups in total. The molecule has 1 unspecified atom stereocenters. The molecule has 3 aliphatic heterocycles. The standard InChI is InChI=1S/C33H32F2N6O2S/c1-21(34)31(42)41-13-12-39(19-25(41)17-36-2)30-27-8-7-23(26-6-3-5-22-9-14-44-29(22)26)15-28(27)37-32(38-30)43-20-33-10-4-11-40(33)18-24(35)16-33/h3,5-9,14-15,24-25H,1,4,10-13,16-20H2/t24-,25+,33?/m1/s1. The molecular weight excluding hydrogens is 582 g/mol. The van der Waals surface area contributed by atoms with Crippen molar-refractivity contribution in [3.8, 4) is 17.1 Å². The van der Waals surface area contributed by atoms with Gasteiger partial charge in [-0.3, -0.25) is 9.69 Å². The van der Waals surface area contributed by atoms with Gasteiger partial charge in [-0.05, 0) is 59.5 Å². The third kappa shape index (κ3) is 5.06. The Balaban J connectivity index is 1.27. The van der Waals surface area contributed by atoms with Crippen molar-refractivity contribution < 1.29 is 18.3 Å². The number of fused-ring (bicyclic) bond motifs is 3. The minimum atomic E-state index is -1.03. The summed E-state index contributed by atoms with van der Waals surface area (Å²) in [5.41, 5.74) is 2.47. The average Bonchev–Trinajstić information content (AvgIpc) is 3.73. The van der Waals surface area contributed by atoms with Crippen molar-refractivity contribution in [3.05, 3.63) is 71.7 Å². The van der Waals surface area contributed by atoms with Crippen molar-refractivity contribution in [1.29, 1.82) is 0 Å². The topological polar surface area (TPSA) is 66.2 Å². The number of hydrogen-bond donors (Lipinski definition) is 0. The van der Waals surface area contributed by atoms with Gasteiger partial charge in [0, 0.05) is 42.7 Å². The molecule has 2 aromatic carbocycles. The molecule has 8 nitrogen and oxygen atoms in total. The third-order valence-electron chi connectivity index (χ3n) is 9.25. The van der Waals surface area contributed by atoms with Gasteiger partial charge in [-0.1, -0.05) is 30.8 Å². The zero-order valence-corrected chi connectivity index (χ0v) is 25.0. The first kappa shape index (κ1) is 28.6. The number of alkyl halides is 1. The Kier molecular flexibility index (Phi) is 7.42. The number of carbonyl (C=O) groups is 1. The maximum Gasteiger partial charge on any atom is 0.319 e. The van der Waals surface area contributed by atoms with E-state index in [1.165, 1.54) is 15.0 Å². The summed E-state index contributed by atoms with van der Waals surface area (Å²) in [5, 5.41) is 4.07. The molecule has 7 rings (SSSR count). The Bertz CT molecular complexity index is 1810. The lowest BCUT2D eigenvalue weighted by Gasteiger charge is -2.39. The van der Waals surface area contributed by atoms with Gasteiger partial charge in [0.1, 0.15) is 24.6 Å². The van der Waals surface area contributed by atoms with E-state index < -0.39 is 23.9 Å². The highest BCUT2D eigenvalue weighted by molar-refractivity contribution is 7.17. The van der Waals surface area contributed by atoms with Crippen LogP contribution in [-0.4, -0.2) is 89.3 Å². The Hall–Kier alpha value is -4.14. The molecule has 5 heterocycles. The SMILES string of the molecule is [C-]#[N+]C[C@H]1CN(c2nc(OCC34CCCN3C[C@H](F)C4)nc3cc(-c4cccc5ccsc45)ccc23)CCN1C(=O)C(=C)F. The van der Waals surface area contributed by atoms with Crippen LogP contribution in [0.25, 0.3) is 37.0 Å². The number of amides is 1. The van der Waals surface area contributed by atoms with Crippen LogP contribution in [0.15, 0.2) is 60.3 Å². The lowest BCUT2D eigenvalue weighted by molar-refractivity contribution is -0.131. The number of thiophene rings is 1. The van der Waals surface area contributed by atoms with E-state index >= 15 is 0 Å². The van der Waals surface area contributed by atoms with Crippen LogP contribution in [0.2, 0.25) is 0 Å². The van der Waals surface area contributed by atoms with Crippen molar-refractivity contribution >= 4 is 44.1 Å². The zero-order valence-electron chi connectivity index (χ0n) is 24.2. The van der Waals surface area contributed by atoms with Crippen molar-refractivity contribution in [3.63, 3.8) is 0 Å². The number of ether oxygens (including phenoxy) is 1. The summed E-state index contributed by atoms with van der Waals surface area (Å²) in [4.78, 5) is 31.4. The Morgan fingerprint density at radius 3 is 2.91 bits per heavy atom. The monoisotopic (exact) mass is 614 g/mol. The van der Waals surface area contributed by atoms with E-state index in [1.54, 1.807) is 11.3 Å². The molecule has 1 amide bonds. The lowest BCUT2D eigenvalue weighted by Crippen LogP contribution is -2.56. The minimum Gasteiger partial charge on any atom is -0.461 e. The number of halogens is 2. The summed E-state index contributed by atoms with van der Waals surface area (Å²) in [5.74, 6) is -1.19. The van der Waals surface area contributed by atoms with Crippen molar-refractivity contribution in [2.24, 2.45) is 0 Å². The summed E-state index contributed by atoms with van der Waals surface area (Å²) in [6.07, 6.45) is 1.45. The number of hydrogen-bond acceptors (Lipinski definition) is 7. The van der Waals surface area contributed by atoms with Crippen LogP contribution < -0.4 is 9.64 Å². The fraction of sp³-hybridized carbons (Fsp3) is 0.394. The van der Waals surface area contributed by atoms with Gasteiger partial charge in [-0.15, -0.1) is 11.3 Å². The Morgan fingerprint density at radius 2 is 2.07 bits per heavy atom. The number of rotatable bonds is 7. The zero-order chi connectivity index (χ0) is 30.4. The minimum absolute atomic E-state index is 0.0274. The second kappa shape index (κ2) is 11.4. The molecule has 3 fully saturated rings. The van der Waals surface area contributed by atoms with E-state index in [2.05, 4.69) is 46.0 Å². The van der Waals surface area contributed by atoms with E-state index in [4.69, 9.17) is 21.3 Å². The molecule has 3 saturated heterocycles. The van der Waals surface area contributed by atoms with E-state index in [1.807, 2.05) is 23.1 Å². The number of aromatic nitrogens is 2. The molecule has 3 atom stereocenters. The second-order valence-corrected chi connectivity index (χ2v) is 12.8. The van der Waals surface area contributed by atoms with E-state index in [-0.39, 0.29) is 24.6 Å². The van der Waals surface area contributed by atoms with Crippen LogP contribution in [0.4, 0.5) is 14.6 Å². The first-order valence-corrected chi connectivity index (χ1v) is 15.8. The first-order valence-electron chi connectivity index (χ1n) is 14.9. The van der Waals surface area contributed by atoms with E-state index in [9.17, 15) is 13.6 Å². The van der Waals surface area contributed by atoms with Gasteiger partial charge in [-0.25, -0.2) is 15.4 Å². The molecule has 0 spiro atoms. The molecule has 44 heavy (non-hydrogen) atoms. The molecular formula is C33H32F2N6O2S. The molecule has 4 aromatic rings. The Labute approximate surface area is 258 Å². The quantitative estimate of drug-likeness (QED) is 0.191. The normalized spacial score (nSPS) is 23.7. The van der Waals surface area contributed by atoms with Gasteiger partial charge in [0.25, 0.3) is 5.91 Å². The molecule has 0 bridgehead atoms. The number of carbonyl (C=O) groups excluding carboxylic acids is 1. The van der Waals surface area contributed by atoms with Gasteiger partial charge in [-0.2, -0.15) is 9.97 Å². The van der Waals surface area contributed by atoms with E-state index in [0.717, 1.165) is 35.9 Å². The van der Waals surface area contributed by atoms with Gasteiger partial charge in [0.05, 0.1) is 11.1 Å². The highest BCUT2D eigenvalue weighted by Crippen LogP contribution is 2.41. The van der Waals surface area contributed by atoms with Crippen LogP contribution in [0, 0.1) is 6.57 Å². The van der Waals surface area contributed by atoms with Crippen molar-refractivity contribution in [2.75, 3.05) is 50.8 Å². The van der Waals surface area contributed by atoms with Crippen LogP contribution in [0.3, 0.4) is 0 Å². The maximum atomic E-state index is 14.4. The average molecular weight is 615 g/mol. The van der Waals surface area contributed by atoms with Crippen LogP contribution in [0.5, 0.6) is 6.01 Å². The first-order chi connectivity index (χ1) is 21.3. The molecule has 0 saturated carbocycles. The maximum absolute atomic E-state index is 14.4. The van der Waals surface area contributed by atoms with Gasteiger partial charge in [0.2, 0.25) is 6.54 Å². The third-order valence-corrected chi connectivity index (χ3v) is 10.2. The fourth-order valence-corrected chi connectivity index (χ4v) is 8.10. The van der Waals surface area contributed by atoms with Crippen LogP contribution in [-0.2, 0) is 4.79 Å². The predicted molar refractivity (Wildman–Crippen MR) is 168 cm³/mol. The summed E-state index contributed by atoms with van der Waals surface area (Å²) < 4.78 is 35.8. The molecule has 3 aliphatic rings. The predicted octanol–water partition coefficient (Wildman–Crippen LogP) is 5.89. The van der Waals surface area contributed by atoms with Crippen LogP contribution >= 0.6 is 11.3 Å². The fourth-order valence-electron chi connectivity index (χ4n) is 7.17. The van der Waals surface area contributed by atoms with Crippen molar-refractivity contribution in [1.82, 2.24) is 19.8 Å².